The maximum Gasteiger partial charge on any atom is 0.159 e. The number of nitrogens with zero attached hydrogens (tertiary/aromatic N) is 7. The monoisotopic (exact) mass is 466 g/mol. The van der Waals surface area contributed by atoms with Crippen LogP contribution in [0.25, 0.3) is 56.1 Å². The smallest absolute Gasteiger partial charge is 0.159 e. The number of aromatic amines is 2. The minimum atomic E-state index is 0.188. The van der Waals surface area contributed by atoms with Crippen LogP contribution in [0.1, 0.15) is 0 Å². The second-order valence-electron chi connectivity index (χ2n) is 8.27. The van der Waals surface area contributed by atoms with E-state index in [1.54, 1.807) is 36.1 Å². The molecule has 0 radical (unpaired) electrons. The van der Waals surface area contributed by atoms with E-state index in [-0.39, 0.29) is 6.04 Å². The molecule has 166 valence electrons. The molecule has 0 saturated carbocycles. The van der Waals surface area contributed by atoms with E-state index in [2.05, 4.69) is 40.4 Å². The Kier molecular flexibility index (Phi) is 4.19. The van der Waals surface area contributed by atoms with Crippen molar-refractivity contribution in [3.8, 4) is 34.2 Å². The number of imidazole rings is 1. The van der Waals surface area contributed by atoms with Crippen molar-refractivity contribution in [3.63, 3.8) is 0 Å². The zero-order valence-corrected chi connectivity index (χ0v) is 18.6. The van der Waals surface area contributed by atoms with Crippen LogP contribution in [-0.4, -0.2) is 59.2 Å². The van der Waals surface area contributed by atoms with E-state index in [1.165, 1.54) is 0 Å². The molecule has 0 aliphatic carbocycles. The number of hydrogen-bond donors (Lipinski definition) is 3. The number of anilines is 1. The molecule has 0 unspecified atom stereocenters. The van der Waals surface area contributed by atoms with Crippen molar-refractivity contribution >= 4 is 39.1 Å². The van der Waals surface area contributed by atoms with Gasteiger partial charge in [-0.3, -0.25) is 20.1 Å². The molecule has 1 saturated heterocycles. The Bertz CT molecular complexity index is 1650. The van der Waals surface area contributed by atoms with Crippen LogP contribution in [0, 0.1) is 0 Å². The van der Waals surface area contributed by atoms with Gasteiger partial charge in [0.2, 0.25) is 0 Å². The van der Waals surface area contributed by atoms with E-state index >= 15 is 0 Å². The molecule has 0 bridgehead atoms. The van der Waals surface area contributed by atoms with Gasteiger partial charge >= 0.3 is 0 Å². The van der Waals surface area contributed by atoms with Crippen LogP contribution in [0.4, 0.5) is 5.82 Å². The molecule has 0 amide bonds. The molecule has 7 heterocycles. The Morgan fingerprint density at radius 1 is 1.00 bits per heavy atom. The second-order valence-corrected chi connectivity index (χ2v) is 9.05. The first-order valence-electron chi connectivity index (χ1n) is 10.8. The average Bonchev–Trinajstić information content (AvgIpc) is 3.60. The van der Waals surface area contributed by atoms with Crippen LogP contribution in [-0.2, 0) is 0 Å². The number of nitrogens with one attached hydrogen (secondary N) is 2. The van der Waals surface area contributed by atoms with Gasteiger partial charge in [-0.05, 0) is 23.6 Å². The molecule has 0 spiro atoms. The first kappa shape index (κ1) is 19.3. The van der Waals surface area contributed by atoms with Gasteiger partial charge in [-0.1, -0.05) is 0 Å². The van der Waals surface area contributed by atoms with Crippen molar-refractivity contribution in [2.24, 2.45) is 5.73 Å². The van der Waals surface area contributed by atoms with Crippen molar-refractivity contribution < 1.29 is 0 Å². The van der Waals surface area contributed by atoms with Gasteiger partial charge in [-0.25, -0.2) is 9.97 Å². The Labute approximate surface area is 196 Å². The molecular formula is C23H18N10S. The standard InChI is InChI=1S/C23H18N10S/c24-13-9-33(10-13)19-8-25-6-18(28-19)16-5-14-17(7-27-16)31-32-21(14)23-29-15-1-3-26-20(22(15)30-23)12-2-4-34-11-12/h1-8,11,13H,9-10,24H2,(H,29,30)(H,31,32). The van der Waals surface area contributed by atoms with Crippen LogP contribution >= 0.6 is 11.3 Å². The minimum Gasteiger partial charge on any atom is -0.352 e. The normalized spacial score (nSPS) is 14.2. The summed E-state index contributed by atoms with van der Waals surface area (Å²) in [5, 5.41) is 12.6. The lowest BCUT2D eigenvalue weighted by molar-refractivity contribution is 0.514. The summed E-state index contributed by atoms with van der Waals surface area (Å²) in [7, 11) is 0. The Balaban J connectivity index is 1.31. The number of aromatic nitrogens is 8. The highest BCUT2D eigenvalue weighted by molar-refractivity contribution is 7.08. The second kappa shape index (κ2) is 7.40. The Morgan fingerprint density at radius 3 is 2.79 bits per heavy atom. The fraction of sp³-hybridized carbons (Fsp3) is 0.130. The topological polar surface area (TPSA) is 138 Å². The lowest BCUT2D eigenvalue weighted by atomic mass is 10.1. The fourth-order valence-corrected chi connectivity index (χ4v) is 4.87. The highest BCUT2D eigenvalue weighted by atomic mass is 32.1. The molecule has 4 N–H and O–H groups in total. The summed E-state index contributed by atoms with van der Waals surface area (Å²) < 4.78 is 0. The van der Waals surface area contributed by atoms with Gasteiger partial charge in [-0.2, -0.15) is 16.4 Å². The number of H-pyrrole nitrogens is 2. The molecule has 34 heavy (non-hydrogen) atoms. The Hall–Kier alpha value is -4.22. The third-order valence-electron chi connectivity index (χ3n) is 5.99. The maximum absolute atomic E-state index is 5.92. The van der Waals surface area contributed by atoms with Gasteiger partial charge in [-0.15, -0.1) is 0 Å². The van der Waals surface area contributed by atoms with Crippen molar-refractivity contribution in [1.82, 2.24) is 40.1 Å². The van der Waals surface area contributed by atoms with Gasteiger partial charge in [0.1, 0.15) is 22.7 Å². The average molecular weight is 467 g/mol. The van der Waals surface area contributed by atoms with Crippen molar-refractivity contribution in [1.29, 1.82) is 0 Å². The molecule has 6 aromatic rings. The molecule has 0 atom stereocenters. The lowest BCUT2D eigenvalue weighted by Gasteiger charge is -2.37. The zero-order chi connectivity index (χ0) is 22.6. The minimum absolute atomic E-state index is 0.188. The SMILES string of the molecule is NC1CN(c2cncc(-c3cc4c(-c5nc6c(-c7ccsc7)nccc6[nH]5)n[nH]c4cn3)n2)C1. The van der Waals surface area contributed by atoms with E-state index in [9.17, 15) is 0 Å². The number of fused-ring (bicyclic) bond motifs is 2. The van der Waals surface area contributed by atoms with E-state index in [1.807, 2.05) is 23.6 Å². The molecule has 10 nitrogen and oxygen atoms in total. The van der Waals surface area contributed by atoms with Crippen molar-refractivity contribution in [3.05, 3.63) is 53.7 Å². The van der Waals surface area contributed by atoms with E-state index in [4.69, 9.17) is 15.7 Å². The predicted molar refractivity (Wildman–Crippen MR) is 131 cm³/mol. The quantitative estimate of drug-likeness (QED) is 0.360. The molecule has 7 rings (SSSR count). The molecular weight excluding hydrogens is 448 g/mol. The summed E-state index contributed by atoms with van der Waals surface area (Å²) in [6, 6.07) is 6.13. The van der Waals surface area contributed by atoms with E-state index in [0.29, 0.717) is 22.9 Å². The van der Waals surface area contributed by atoms with Crippen molar-refractivity contribution in [2.45, 2.75) is 6.04 Å². The van der Waals surface area contributed by atoms with Crippen LogP contribution in [0.5, 0.6) is 0 Å². The number of nitrogens with two attached hydrogens (primary N) is 1. The third-order valence-corrected chi connectivity index (χ3v) is 6.67. The first-order valence-corrected chi connectivity index (χ1v) is 11.7. The Morgan fingerprint density at radius 2 is 1.94 bits per heavy atom. The molecule has 1 aliphatic rings. The van der Waals surface area contributed by atoms with Gasteiger partial charge in [0.25, 0.3) is 0 Å². The van der Waals surface area contributed by atoms with Crippen LogP contribution in [0.3, 0.4) is 0 Å². The van der Waals surface area contributed by atoms with E-state index < -0.39 is 0 Å². The van der Waals surface area contributed by atoms with Crippen LogP contribution in [0.2, 0.25) is 0 Å². The molecule has 6 aromatic heterocycles. The predicted octanol–water partition coefficient (Wildman–Crippen LogP) is 3.23. The summed E-state index contributed by atoms with van der Waals surface area (Å²) in [5.74, 6) is 1.47. The van der Waals surface area contributed by atoms with Crippen LogP contribution < -0.4 is 10.6 Å². The number of thiophene rings is 1. The van der Waals surface area contributed by atoms with Crippen LogP contribution in [0.15, 0.2) is 53.7 Å². The third kappa shape index (κ3) is 3.05. The number of rotatable bonds is 4. The van der Waals surface area contributed by atoms with Gasteiger partial charge in [0.15, 0.2) is 5.82 Å². The summed E-state index contributed by atoms with van der Waals surface area (Å²) >= 11 is 1.63. The summed E-state index contributed by atoms with van der Waals surface area (Å²) in [5.41, 5.74) is 12.5. The van der Waals surface area contributed by atoms with Crippen molar-refractivity contribution in [2.75, 3.05) is 18.0 Å². The highest BCUT2D eigenvalue weighted by Gasteiger charge is 2.25. The van der Waals surface area contributed by atoms with E-state index in [0.717, 1.165) is 52.1 Å². The first-order chi connectivity index (χ1) is 16.7. The van der Waals surface area contributed by atoms with Gasteiger partial charge in [0, 0.05) is 41.7 Å². The summed E-state index contributed by atoms with van der Waals surface area (Å²) in [4.78, 5) is 28.6. The highest BCUT2D eigenvalue weighted by Crippen LogP contribution is 2.32. The summed E-state index contributed by atoms with van der Waals surface area (Å²) in [6.07, 6.45) is 7.02. The largest absolute Gasteiger partial charge is 0.352 e. The summed E-state index contributed by atoms with van der Waals surface area (Å²) in [6.45, 7) is 1.56. The maximum atomic E-state index is 5.92. The number of hydrogen-bond acceptors (Lipinski definition) is 9. The molecule has 1 fully saturated rings. The molecule has 0 aromatic carbocycles. The molecule has 11 heteroatoms. The fourth-order valence-electron chi connectivity index (χ4n) is 4.23. The van der Waals surface area contributed by atoms with Gasteiger partial charge in [0.05, 0.1) is 41.0 Å². The molecule has 1 aliphatic heterocycles. The van der Waals surface area contributed by atoms with Gasteiger partial charge < -0.3 is 15.6 Å². The lowest BCUT2D eigenvalue weighted by Crippen LogP contribution is -2.56. The zero-order valence-electron chi connectivity index (χ0n) is 17.8. The number of pyridine rings is 2.